The van der Waals surface area contributed by atoms with E-state index in [0.29, 0.717) is 28.0 Å². The van der Waals surface area contributed by atoms with E-state index < -0.39 is 0 Å². The van der Waals surface area contributed by atoms with Gasteiger partial charge in [0, 0.05) is 4.47 Å². The van der Waals surface area contributed by atoms with E-state index in [-0.39, 0.29) is 17.4 Å². The minimum Gasteiger partial charge on any atom is -0.507 e. The van der Waals surface area contributed by atoms with Crippen LogP contribution < -0.4 is 10.1 Å². The number of carbonyl (C=O) groups is 1. The van der Waals surface area contributed by atoms with Crippen molar-refractivity contribution in [2.45, 2.75) is 5.16 Å². The Hall–Kier alpha value is -2.52. The molecule has 0 unspecified atom stereocenters. The molecule has 1 amide bonds. The molecular weight excluding hydrogens is 420 g/mol. The minimum absolute atomic E-state index is 0.0924. The summed E-state index contributed by atoms with van der Waals surface area (Å²) < 4.78 is 6.02. The number of hydrogen-bond acceptors (Lipinski definition) is 6. The number of ether oxygens (including phenoxy) is 1. The van der Waals surface area contributed by atoms with Crippen LogP contribution >= 0.6 is 27.7 Å². The van der Waals surface area contributed by atoms with Crippen LogP contribution in [0.2, 0.25) is 0 Å². The molecule has 3 rings (SSSR count). The number of phenols is 1. The van der Waals surface area contributed by atoms with Gasteiger partial charge < -0.3 is 15.2 Å². The molecule has 1 aromatic heterocycles. The summed E-state index contributed by atoms with van der Waals surface area (Å²) in [7, 11) is 1.55. The van der Waals surface area contributed by atoms with E-state index in [1.54, 1.807) is 37.4 Å². The number of aromatic nitrogens is 3. The van der Waals surface area contributed by atoms with Crippen LogP contribution in [-0.2, 0) is 4.79 Å². The maximum atomic E-state index is 12.1. The van der Waals surface area contributed by atoms with E-state index in [2.05, 4.69) is 36.4 Å². The number of para-hydroxylation sites is 2. The van der Waals surface area contributed by atoms with Crippen LogP contribution in [-0.4, -0.2) is 39.1 Å². The van der Waals surface area contributed by atoms with Gasteiger partial charge in [0.1, 0.15) is 11.5 Å². The molecular formula is C17H15BrN4O3S. The van der Waals surface area contributed by atoms with Gasteiger partial charge in [-0.2, -0.15) is 0 Å². The van der Waals surface area contributed by atoms with E-state index in [0.717, 1.165) is 4.47 Å². The topological polar surface area (TPSA) is 100 Å². The number of benzene rings is 2. The van der Waals surface area contributed by atoms with Crippen LogP contribution in [0.3, 0.4) is 0 Å². The highest BCUT2D eigenvalue weighted by atomic mass is 79.9. The highest BCUT2D eigenvalue weighted by molar-refractivity contribution is 9.10. The standard InChI is InChI=1S/C17H15BrN4O3S/c1-25-14-5-3-2-4-12(14)19-15(24)9-26-17-20-16(21-22-17)11-8-10(18)6-7-13(11)23/h2-8,23H,9H2,1H3,(H,19,24)(H,20,21,22). The zero-order chi connectivity index (χ0) is 18.5. The lowest BCUT2D eigenvalue weighted by Crippen LogP contribution is -2.14. The zero-order valence-corrected chi connectivity index (χ0v) is 16.1. The third-order valence-electron chi connectivity index (χ3n) is 3.39. The highest BCUT2D eigenvalue weighted by Crippen LogP contribution is 2.30. The molecule has 0 fully saturated rings. The number of nitrogens with one attached hydrogen (secondary N) is 2. The quantitative estimate of drug-likeness (QED) is 0.511. The first-order chi connectivity index (χ1) is 12.6. The average molecular weight is 435 g/mol. The molecule has 2 aromatic carbocycles. The zero-order valence-electron chi connectivity index (χ0n) is 13.7. The summed E-state index contributed by atoms with van der Waals surface area (Å²) in [4.78, 5) is 16.4. The fourth-order valence-corrected chi connectivity index (χ4v) is 3.15. The summed E-state index contributed by atoms with van der Waals surface area (Å²) >= 11 is 4.54. The van der Waals surface area contributed by atoms with E-state index in [9.17, 15) is 9.90 Å². The molecule has 26 heavy (non-hydrogen) atoms. The Balaban J connectivity index is 1.63. The van der Waals surface area contributed by atoms with Crippen LogP contribution in [0.1, 0.15) is 0 Å². The number of thioether (sulfide) groups is 1. The Morgan fingerprint density at radius 1 is 1.35 bits per heavy atom. The third kappa shape index (κ3) is 4.36. The highest BCUT2D eigenvalue weighted by Gasteiger charge is 2.13. The summed E-state index contributed by atoms with van der Waals surface area (Å²) in [6.45, 7) is 0. The normalized spacial score (nSPS) is 10.5. The van der Waals surface area contributed by atoms with Crippen molar-refractivity contribution in [1.82, 2.24) is 15.2 Å². The van der Waals surface area contributed by atoms with Gasteiger partial charge >= 0.3 is 0 Å². The molecule has 0 spiro atoms. The Morgan fingerprint density at radius 3 is 2.96 bits per heavy atom. The molecule has 0 aliphatic rings. The number of methoxy groups -OCH3 is 1. The molecule has 3 N–H and O–H groups in total. The number of halogens is 1. The second kappa shape index (κ2) is 8.24. The number of carbonyl (C=O) groups excluding carboxylic acids is 1. The third-order valence-corrected chi connectivity index (χ3v) is 4.73. The van der Waals surface area contributed by atoms with Gasteiger partial charge in [0.05, 0.1) is 24.1 Å². The van der Waals surface area contributed by atoms with Gasteiger partial charge in [0.25, 0.3) is 0 Å². The minimum atomic E-state index is -0.198. The number of hydrogen-bond donors (Lipinski definition) is 3. The summed E-state index contributed by atoms with van der Waals surface area (Å²) in [6, 6.07) is 12.2. The molecule has 0 atom stereocenters. The fourth-order valence-electron chi connectivity index (χ4n) is 2.19. The van der Waals surface area contributed by atoms with Crippen molar-refractivity contribution in [3.05, 3.63) is 46.9 Å². The van der Waals surface area contributed by atoms with Gasteiger partial charge in [0.2, 0.25) is 11.1 Å². The van der Waals surface area contributed by atoms with Crippen molar-refractivity contribution in [3.63, 3.8) is 0 Å². The monoisotopic (exact) mass is 434 g/mol. The van der Waals surface area contributed by atoms with Gasteiger partial charge in [-0.1, -0.05) is 39.8 Å². The van der Waals surface area contributed by atoms with Crippen molar-refractivity contribution < 1.29 is 14.6 Å². The molecule has 7 nitrogen and oxygen atoms in total. The second-order valence-electron chi connectivity index (χ2n) is 5.17. The maximum absolute atomic E-state index is 12.1. The van der Waals surface area contributed by atoms with Gasteiger partial charge in [0.15, 0.2) is 5.82 Å². The van der Waals surface area contributed by atoms with Crippen LogP contribution in [0.25, 0.3) is 11.4 Å². The van der Waals surface area contributed by atoms with Gasteiger partial charge in [-0.3, -0.25) is 9.89 Å². The molecule has 9 heteroatoms. The molecule has 0 radical (unpaired) electrons. The second-order valence-corrected chi connectivity index (χ2v) is 7.02. The number of aromatic hydroxyl groups is 1. The Labute approximate surface area is 162 Å². The number of phenolic OH excluding ortho intramolecular Hbond substituents is 1. The van der Waals surface area contributed by atoms with Crippen molar-refractivity contribution in [2.75, 3.05) is 18.2 Å². The lowest BCUT2D eigenvalue weighted by atomic mass is 10.2. The van der Waals surface area contributed by atoms with Crippen molar-refractivity contribution >= 4 is 39.3 Å². The molecule has 134 valence electrons. The lowest BCUT2D eigenvalue weighted by Gasteiger charge is -2.08. The Kier molecular flexibility index (Phi) is 5.79. The van der Waals surface area contributed by atoms with E-state index in [1.165, 1.54) is 11.8 Å². The predicted octanol–water partition coefficient (Wildman–Crippen LogP) is 3.68. The number of amides is 1. The number of aromatic amines is 1. The first-order valence-electron chi connectivity index (χ1n) is 7.54. The Morgan fingerprint density at radius 2 is 2.15 bits per heavy atom. The van der Waals surface area contributed by atoms with Gasteiger partial charge in [-0.05, 0) is 30.3 Å². The summed E-state index contributed by atoms with van der Waals surface area (Å²) in [5, 5.41) is 20.0. The fraction of sp³-hybridized carbons (Fsp3) is 0.118. The van der Waals surface area contributed by atoms with Gasteiger partial charge in [-0.25, -0.2) is 4.98 Å². The largest absolute Gasteiger partial charge is 0.507 e. The molecule has 0 aliphatic carbocycles. The summed E-state index contributed by atoms with van der Waals surface area (Å²) in [5.41, 5.74) is 1.13. The number of H-pyrrole nitrogens is 1. The predicted molar refractivity (Wildman–Crippen MR) is 104 cm³/mol. The van der Waals surface area contributed by atoms with Crippen molar-refractivity contribution in [1.29, 1.82) is 0 Å². The smallest absolute Gasteiger partial charge is 0.234 e. The molecule has 0 aliphatic heterocycles. The molecule has 0 bridgehead atoms. The lowest BCUT2D eigenvalue weighted by molar-refractivity contribution is -0.113. The molecule has 1 heterocycles. The van der Waals surface area contributed by atoms with Crippen LogP contribution in [0.5, 0.6) is 11.5 Å². The van der Waals surface area contributed by atoms with Crippen molar-refractivity contribution in [2.24, 2.45) is 0 Å². The first-order valence-corrected chi connectivity index (χ1v) is 9.31. The average Bonchev–Trinajstić information content (AvgIpc) is 3.11. The number of rotatable bonds is 6. The van der Waals surface area contributed by atoms with Crippen LogP contribution in [0.4, 0.5) is 5.69 Å². The number of anilines is 1. The van der Waals surface area contributed by atoms with Gasteiger partial charge in [-0.15, -0.1) is 5.10 Å². The van der Waals surface area contributed by atoms with E-state index >= 15 is 0 Å². The molecule has 0 saturated carbocycles. The molecule has 0 saturated heterocycles. The molecule has 3 aromatic rings. The van der Waals surface area contributed by atoms with Crippen LogP contribution in [0, 0.1) is 0 Å². The summed E-state index contributed by atoms with van der Waals surface area (Å²) in [6.07, 6.45) is 0. The SMILES string of the molecule is COc1ccccc1NC(=O)CSc1n[nH]c(-c2cc(Br)ccc2O)n1. The Bertz CT molecular complexity index is 932. The van der Waals surface area contributed by atoms with E-state index in [1.807, 2.05) is 12.1 Å². The summed E-state index contributed by atoms with van der Waals surface area (Å²) in [5.74, 6) is 1.05. The first kappa shape index (κ1) is 18.3. The van der Waals surface area contributed by atoms with Crippen LogP contribution in [0.15, 0.2) is 52.1 Å². The number of nitrogens with zero attached hydrogens (tertiary/aromatic N) is 2. The van der Waals surface area contributed by atoms with Crippen molar-refractivity contribution in [3.8, 4) is 22.9 Å². The maximum Gasteiger partial charge on any atom is 0.234 e. The van der Waals surface area contributed by atoms with E-state index in [4.69, 9.17) is 4.74 Å².